The van der Waals surface area contributed by atoms with Gasteiger partial charge in [0.05, 0.1) is 17.0 Å². The van der Waals surface area contributed by atoms with E-state index in [0.29, 0.717) is 22.7 Å². The lowest BCUT2D eigenvalue weighted by Gasteiger charge is -2.16. The zero-order valence-corrected chi connectivity index (χ0v) is 20.7. The lowest BCUT2D eigenvalue weighted by atomic mass is 10.1. The van der Waals surface area contributed by atoms with Gasteiger partial charge in [0, 0.05) is 31.9 Å². The minimum atomic E-state index is -3.94. The first-order valence-corrected chi connectivity index (χ1v) is 13.8. The lowest BCUT2D eigenvalue weighted by Crippen LogP contribution is -2.22. The number of carbonyl (C=O) groups is 1. The Morgan fingerprint density at radius 2 is 2.00 bits per heavy atom. The largest absolute Gasteiger partial charge is 0.367 e. The van der Waals surface area contributed by atoms with Crippen LogP contribution in [0.2, 0.25) is 0 Å². The van der Waals surface area contributed by atoms with Gasteiger partial charge in [-0.2, -0.15) is 8.42 Å². The van der Waals surface area contributed by atoms with Crippen LogP contribution in [0.15, 0.2) is 48.2 Å². The van der Waals surface area contributed by atoms with Gasteiger partial charge < -0.3 is 5.32 Å². The first-order chi connectivity index (χ1) is 16.8. The Morgan fingerprint density at radius 3 is 2.74 bits per heavy atom. The third-order valence-corrected chi connectivity index (χ3v) is 7.94. The van der Waals surface area contributed by atoms with E-state index in [4.69, 9.17) is 9.32 Å². The Morgan fingerprint density at radius 1 is 1.23 bits per heavy atom. The minimum absolute atomic E-state index is 0.0567. The Labute approximate surface area is 208 Å². The maximum atomic E-state index is 13.3. The Balaban J connectivity index is 1.21. The summed E-state index contributed by atoms with van der Waals surface area (Å²) in [5.41, 5.74) is 4.27. The fourth-order valence-corrected chi connectivity index (χ4v) is 6.08. The maximum absolute atomic E-state index is 13.3. The predicted octanol–water partition coefficient (Wildman–Crippen LogP) is 3.09. The zero-order valence-electron chi connectivity index (χ0n) is 19.1. The average Bonchev–Trinajstić information content (AvgIpc) is 3.57. The quantitative estimate of drug-likeness (QED) is 0.418. The summed E-state index contributed by atoms with van der Waals surface area (Å²) in [5, 5.41) is 10.3. The number of nitrogens with zero attached hydrogens (tertiary/aromatic N) is 3. The molecule has 2 aromatic heterocycles. The maximum Gasteiger partial charge on any atom is 0.333 e. The number of fused-ring (bicyclic) bond motifs is 1. The van der Waals surface area contributed by atoms with Crippen LogP contribution in [0.1, 0.15) is 51.2 Å². The number of nitrogens with one attached hydrogen (secondary N) is 1. The predicted molar refractivity (Wildman–Crippen MR) is 133 cm³/mol. The van der Waals surface area contributed by atoms with Gasteiger partial charge in [0.2, 0.25) is 5.78 Å². The van der Waals surface area contributed by atoms with Gasteiger partial charge in [-0.05, 0) is 53.3 Å². The van der Waals surface area contributed by atoms with Crippen LogP contribution < -0.4 is 10.5 Å². The molecule has 184 valence electrons. The Hall–Kier alpha value is -2.70. The molecule has 0 amide bonds. The molecule has 2 atom stereocenters. The van der Waals surface area contributed by atoms with E-state index in [0.717, 1.165) is 38.0 Å². The average molecular weight is 514 g/mol. The Kier molecular flexibility index (Phi) is 6.94. The fourth-order valence-electron chi connectivity index (χ4n) is 4.84. The summed E-state index contributed by atoms with van der Waals surface area (Å²) in [7, 11) is -3.94. The van der Waals surface area contributed by atoms with Crippen molar-refractivity contribution in [1.29, 1.82) is 0 Å². The molecule has 0 radical (unpaired) electrons. The molecule has 3 heterocycles. The number of hydrogen-bond acceptors (Lipinski definition) is 9. The van der Waals surface area contributed by atoms with Crippen LogP contribution >= 0.6 is 11.3 Å². The van der Waals surface area contributed by atoms with E-state index in [2.05, 4.69) is 44.5 Å². The second-order valence-electron chi connectivity index (χ2n) is 9.14. The molecule has 1 aliphatic carbocycles. The van der Waals surface area contributed by atoms with E-state index in [9.17, 15) is 13.2 Å². The van der Waals surface area contributed by atoms with Crippen LogP contribution in [0.4, 0.5) is 5.82 Å². The van der Waals surface area contributed by atoms with Gasteiger partial charge in [-0.3, -0.25) is 13.9 Å². The smallest absolute Gasteiger partial charge is 0.333 e. The SMILES string of the molecule is NS(=O)(=O)OC[C@@H]1CCC(Nc2ncncc2C(=O)c2cc(CN3Cc4ccccc4C3)cs2)C1. The molecule has 35 heavy (non-hydrogen) atoms. The second kappa shape index (κ2) is 10.1. The number of rotatable bonds is 9. The van der Waals surface area contributed by atoms with E-state index >= 15 is 0 Å². The third kappa shape index (κ3) is 5.93. The number of ketones is 1. The van der Waals surface area contributed by atoms with Crippen molar-refractivity contribution in [2.24, 2.45) is 11.1 Å². The number of anilines is 1. The van der Waals surface area contributed by atoms with E-state index in [1.54, 1.807) is 6.20 Å². The highest BCUT2D eigenvalue weighted by molar-refractivity contribution is 7.84. The van der Waals surface area contributed by atoms with Crippen LogP contribution in [0.3, 0.4) is 0 Å². The normalized spacial score (nSPS) is 20.1. The van der Waals surface area contributed by atoms with Gasteiger partial charge in [0.25, 0.3) is 0 Å². The molecule has 1 saturated carbocycles. The lowest BCUT2D eigenvalue weighted by molar-refractivity contribution is 0.104. The number of carbonyl (C=O) groups excluding carboxylic acids is 1. The summed E-state index contributed by atoms with van der Waals surface area (Å²) >= 11 is 1.44. The molecule has 9 nitrogen and oxygen atoms in total. The molecule has 0 bridgehead atoms. The summed E-state index contributed by atoms with van der Waals surface area (Å²) in [5.74, 6) is 0.456. The first-order valence-electron chi connectivity index (χ1n) is 11.5. The molecular formula is C24H27N5O4S2. The van der Waals surface area contributed by atoms with Crippen LogP contribution in [0.5, 0.6) is 0 Å². The van der Waals surface area contributed by atoms with Gasteiger partial charge in [-0.1, -0.05) is 24.3 Å². The molecule has 3 N–H and O–H groups in total. The number of hydrogen-bond donors (Lipinski definition) is 2. The van der Waals surface area contributed by atoms with Gasteiger partial charge in [0.15, 0.2) is 0 Å². The molecule has 0 spiro atoms. The molecule has 3 aromatic rings. The van der Waals surface area contributed by atoms with Crippen molar-refractivity contribution in [1.82, 2.24) is 14.9 Å². The summed E-state index contributed by atoms with van der Waals surface area (Å²) in [6.07, 6.45) is 5.29. The second-order valence-corrected chi connectivity index (χ2v) is 11.3. The van der Waals surface area contributed by atoms with Crippen LogP contribution in [-0.2, 0) is 34.1 Å². The highest BCUT2D eigenvalue weighted by Gasteiger charge is 2.28. The molecule has 11 heteroatoms. The van der Waals surface area contributed by atoms with E-state index in [1.165, 1.54) is 28.8 Å². The minimum Gasteiger partial charge on any atom is -0.367 e. The zero-order chi connectivity index (χ0) is 24.4. The standard InChI is InChI=1S/C24H27N5O4S2/c25-35(31,32)33-13-16-5-6-20(7-16)28-24-21(9-26-15-27-24)23(30)22-8-17(14-34-22)10-29-11-18-3-1-2-4-19(18)12-29/h1-4,8-9,14-16,20H,5-7,10-13H2,(H2,25,31,32)(H,26,27,28)/t16-,20?/m1/s1. The van der Waals surface area contributed by atoms with E-state index in [-0.39, 0.29) is 24.3 Å². The summed E-state index contributed by atoms with van der Waals surface area (Å²) < 4.78 is 26.8. The number of aromatic nitrogens is 2. The van der Waals surface area contributed by atoms with Crippen molar-refractivity contribution in [3.63, 3.8) is 0 Å². The highest BCUT2D eigenvalue weighted by Crippen LogP contribution is 2.30. The highest BCUT2D eigenvalue weighted by atomic mass is 32.2. The molecule has 1 aromatic carbocycles. The molecule has 2 aliphatic rings. The van der Waals surface area contributed by atoms with Crippen molar-refractivity contribution in [2.45, 2.75) is 44.9 Å². The first kappa shape index (κ1) is 24.0. The fraction of sp³-hybridized carbons (Fsp3) is 0.375. The van der Waals surface area contributed by atoms with Crippen molar-refractivity contribution in [3.8, 4) is 0 Å². The van der Waals surface area contributed by atoms with Crippen molar-refractivity contribution in [3.05, 3.63) is 75.4 Å². The molecule has 1 aliphatic heterocycles. The monoisotopic (exact) mass is 513 g/mol. The van der Waals surface area contributed by atoms with Crippen molar-refractivity contribution in [2.75, 3.05) is 11.9 Å². The van der Waals surface area contributed by atoms with E-state index in [1.807, 2.05) is 11.4 Å². The topological polar surface area (TPSA) is 128 Å². The number of benzene rings is 1. The van der Waals surface area contributed by atoms with Crippen LogP contribution in [-0.4, -0.2) is 41.7 Å². The molecule has 0 saturated heterocycles. The van der Waals surface area contributed by atoms with Crippen LogP contribution in [0.25, 0.3) is 0 Å². The van der Waals surface area contributed by atoms with Gasteiger partial charge >= 0.3 is 10.3 Å². The third-order valence-electron chi connectivity index (χ3n) is 6.50. The summed E-state index contributed by atoms with van der Waals surface area (Å²) in [6.45, 7) is 2.69. The summed E-state index contributed by atoms with van der Waals surface area (Å²) in [4.78, 5) is 24.7. The van der Waals surface area contributed by atoms with Gasteiger partial charge in [-0.25, -0.2) is 15.1 Å². The van der Waals surface area contributed by atoms with Gasteiger partial charge in [0.1, 0.15) is 12.1 Å². The molecule has 1 unspecified atom stereocenters. The number of nitrogens with two attached hydrogens (primary N) is 1. The Bertz CT molecular complexity index is 1300. The van der Waals surface area contributed by atoms with Gasteiger partial charge in [-0.15, -0.1) is 11.3 Å². The van der Waals surface area contributed by atoms with Crippen molar-refractivity contribution < 1.29 is 17.4 Å². The van der Waals surface area contributed by atoms with E-state index < -0.39 is 10.3 Å². The van der Waals surface area contributed by atoms with Crippen LogP contribution in [0, 0.1) is 5.92 Å². The molecular weight excluding hydrogens is 486 g/mol. The molecule has 1 fully saturated rings. The molecule has 5 rings (SSSR count). The number of thiophene rings is 1. The van der Waals surface area contributed by atoms with Crippen molar-refractivity contribution >= 4 is 33.2 Å². The summed E-state index contributed by atoms with van der Waals surface area (Å²) in [6, 6.07) is 10.5.